The van der Waals surface area contributed by atoms with E-state index in [0.717, 1.165) is 38.1 Å². The van der Waals surface area contributed by atoms with Gasteiger partial charge in [0.2, 0.25) is 0 Å². The molecule has 0 bridgehead atoms. The van der Waals surface area contributed by atoms with E-state index in [4.69, 9.17) is 10.00 Å². The van der Waals surface area contributed by atoms with E-state index >= 15 is 0 Å². The summed E-state index contributed by atoms with van der Waals surface area (Å²) in [6.07, 6.45) is 1.44. The molecule has 47 heavy (non-hydrogen) atoms. The molecule has 0 unspecified atom stereocenters. The molecule has 2 aliphatic rings. The second-order valence-electron chi connectivity index (χ2n) is 11.7. The minimum absolute atomic E-state index is 0.0132. The molecule has 3 heterocycles. The van der Waals surface area contributed by atoms with Crippen LogP contribution in [-0.2, 0) is 22.6 Å². The van der Waals surface area contributed by atoms with Crippen molar-refractivity contribution in [3.05, 3.63) is 53.1 Å². The van der Waals surface area contributed by atoms with Crippen LogP contribution in [-0.4, -0.2) is 79.4 Å². The molecule has 1 N–H and O–H groups in total. The van der Waals surface area contributed by atoms with Gasteiger partial charge in [0.05, 0.1) is 41.3 Å². The minimum atomic E-state index is -4.61. The second kappa shape index (κ2) is 15.4. The third kappa shape index (κ3) is 8.41. The number of nitriles is 1. The van der Waals surface area contributed by atoms with Gasteiger partial charge in [-0.1, -0.05) is 32.4 Å². The van der Waals surface area contributed by atoms with Crippen LogP contribution in [0, 0.1) is 11.3 Å². The number of likely N-dealkylation sites (tertiary alicyclic amines) is 2. The topological polar surface area (TPSA) is 124 Å². The molecule has 0 atom stereocenters. The van der Waals surface area contributed by atoms with Gasteiger partial charge in [0.1, 0.15) is 10.6 Å². The Balaban J connectivity index is 0.00000118. The molecule has 1 aromatic heterocycles. The number of nitrogens with zero attached hydrogens (tertiary/aromatic N) is 4. The van der Waals surface area contributed by atoms with E-state index in [0.29, 0.717) is 25.6 Å². The van der Waals surface area contributed by atoms with Gasteiger partial charge in [-0.25, -0.2) is 18.2 Å². The molecule has 0 aliphatic carbocycles. The number of hydrogen-bond acceptors (Lipinski definition) is 8. The average molecular weight is 675 g/mol. The number of hydrogen-bond donors (Lipinski definition) is 1. The highest BCUT2D eigenvalue weighted by atomic mass is 32.2. The van der Waals surface area contributed by atoms with Crippen molar-refractivity contribution in [1.82, 2.24) is 14.8 Å². The number of aromatic nitrogens is 1. The summed E-state index contributed by atoms with van der Waals surface area (Å²) in [6.45, 7) is 6.98. The fourth-order valence-electron chi connectivity index (χ4n) is 6.30. The Morgan fingerprint density at radius 2 is 1.74 bits per heavy atom. The van der Waals surface area contributed by atoms with Gasteiger partial charge in [-0.3, -0.25) is 4.90 Å². The standard InChI is InChI=1S/C31H36F3N3O5S.C3H5N/c1-3-43(40,41)27-17-23-25(18-26(27)42-2)35-29(20-8-7-9-21(16-20)31(32,33)34)24(28(23)30(38)39)19-36-14-10-22(11-15-36)37-12-5-4-6-13-37;1-2-3-4/h7-9,16-18,22H,3-6,10-15,19H2,1-2H3,(H,38,39);2H2,1H3. The quantitative estimate of drug-likeness (QED) is 0.275. The Hall–Kier alpha value is -3.73. The highest BCUT2D eigenvalue weighted by Crippen LogP contribution is 2.39. The van der Waals surface area contributed by atoms with Crippen molar-refractivity contribution >= 4 is 26.7 Å². The van der Waals surface area contributed by atoms with Crippen LogP contribution in [0.25, 0.3) is 22.2 Å². The monoisotopic (exact) mass is 674 g/mol. The first-order chi connectivity index (χ1) is 22.3. The third-order valence-corrected chi connectivity index (χ3v) is 10.5. The zero-order valence-corrected chi connectivity index (χ0v) is 27.8. The number of aromatic carboxylic acids is 1. The molecular weight excluding hydrogens is 633 g/mol. The number of ether oxygens (including phenoxy) is 1. The van der Waals surface area contributed by atoms with Crippen molar-refractivity contribution in [3.8, 4) is 23.1 Å². The Labute approximate surface area is 273 Å². The van der Waals surface area contributed by atoms with Crippen molar-refractivity contribution in [3.63, 3.8) is 0 Å². The normalized spacial score (nSPS) is 16.7. The molecule has 2 aromatic carbocycles. The van der Waals surface area contributed by atoms with Gasteiger partial charge in [-0.05, 0) is 70.1 Å². The summed E-state index contributed by atoms with van der Waals surface area (Å²) in [5.74, 6) is -1.56. The van der Waals surface area contributed by atoms with Crippen LogP contribution >= 0.6 is 0 Å². The van der Waals surface area contributed by atoms with E-state index in [1.807, 2.05) is 13.0 Å². The summed E-state index contributed by atoms with van der Waals surface area (Å²) in [5, 5.41) is 18.2. The van der Waals surface area contributed by atoms with E-state index in [-0.39, 0.29) is 56.2 Å². The second-order valence-corrected chi connectivity index (χ2v) is 14.0. The molecule has 2 fully saturated rings. The number of benzene rings is 2. The van der Waals surface area contributed by atoms with Gasteiger partial charge in [-0.15, -0.1) is 0 Å². The van der Waals surface area contributed by atoms with Gasteiger partial charge >= 0.3 is 12.1 Å². The predicted octanol–water partition coefficient (Wildman–Crippen LogP) is 6.79. The summed E-state index contributed by atoms with van der Waals surface area (Å²) < 4.78 is 72.3. The van der Waals surface area contributed by atoms with E-state index in [2.05, 4.69) is 14.8 Å². The van der Waals surface area contributed by atoms with Crippen LogP contribution in [0.1, 0.15) is 73.9 Å². The lowest BCUT2D eigenvalue weighted by molar-refractivity contribution is -0.137. The molecule has 0 saturated carbocycles. The maximum Gasteiger partial charge on any atom is 0.416 e. The maximum atomic E-state index is 13.7. The smallest absolute Gasteiger partial charge is 0.416 e. The Morgan fingerprint density at radius 1 is 1.09 bits per heavy atom. The molecule has 2 saturated heterocycles. The summed E-state index contributed by atoms with van der Waals surface area (Å²) in [4.78, 5) is 22.1. The number of sulfone groups is 1. The average Bonchev–Trinajstić information content (AvgIpc) is 3.07. The minimum Gasteiger partial charge on any atom is -0.495 e. The highest BCUT2D eigenvalue weighted by Gasteiger charge is 2.33. The SMILES string of the molecule is CCC#N.CCS(=O)(=O)c1cc2c(C(=O)O)c(CN3CCC(N4CCCCC4)CC3)c(-c3cccc(C(F)(F)F)c3)nc2cc1OC. The molecule has 9 nitrogen and oxygen atoms in total. The number of halogens is 3. The van der Waals surface area contributed by atoms with Crippen LogP contribution < -0.4 is 4.74 Å². The first kappa shape index (κ1) is 36.1. The number of carboxylic acids is 1. The molecule has 254 valence electrons. The molecule has 5 rings (SSSR count). The van der Waals surface area contributed by atoms with E-state index in [1.165, 1.54) is 57.6 Å². The van der Waals surface area contributed by atoms with Crippen molar-refractivity contribution in [2.24, 2.45) is 0 Å². The van der Waals surface area contributed by atoms with Gasteiger partial charge in [0.15, 0.2) is 9.84 Å². The van der Waals surface area contributed by atoms with E-state index in [9.17, 15) is 31.5 Å². The number of methoxy groups -OCH3 is 1. The molecule has 0 amide bonds. The number of fused-ring (bicyclic) bond motifs is 1. The Bertz CT molecular complexity index is 1730. The van der Waals surface area contributed by atoms with Crippen molar-refractivity contribution < 1.29 is 36.2 Å². The number of rotatable bonds is 8. The van der Waals surface area contributed by atoms with Gasteiger partial charge in [0, 0.05) is 41.6 Å². The fourth-order valence-corrected chi connectivity index (χ4v) is 7.36. The lowest BCUT2D eigenvalue weighted by Gasteiger charge is -2.40. The van der Waals surface area contributed by atoms with Crippen LogP contribution in [0.15, 0.2) is 41.3 Å². The Morgan fingerprint density at radius 3 is 2.30 bits per heavy atom. The van der Waals surface area contributed by atoms with Gasteiger partial charge in [-0.2, -0.15) is 18.4 Å². The van der Waals surface area contributed by atoms with Crippen LogP contribution in [0.2, 0.25) is 0 Å². The van der Waals surface area contributed by atoms with Crippen molar-refractivity contribution in [2.45, 2.75) is 76.0 Å². The van der Waals surface area contributed by atoms with Gasteiger partial charge in [0.25, 0.3) is 0 Å². The van der Waals surface area contributed by atoms with E-state index < -0.39 is 27.5 Å². The largest absolute Gasteiger partial charge is 0.495 e. The first-order valence-electron chi connectivity index (χ1n) is 15.9. The summed E-state index contributed by atoms with van der Waals surface area (Å²) in [6, 6.07) is 9.67. The van der Waals surface area contributed by atoms with Gasteiger partial charge < -0.3 is 14.7 Å². The van der Waals surface area contributed by atoms with E-state index in [1.54, 1.807) is 0 Å². The summed E-state index contributed by atoms with van der Waals surface area (Å²) in [7, 11) is -2.51. The van der Waals surface area contributed by atoms with Crippen molar-refractivity contribution in [1.29, 1.82) is 5.26 Å². The van der Waals surface area contributed by atoms with Crippen LogP contribution in [0.5, 0.6) is 5.75 Å². The molecule has 13 heteroatoms. The maximum absolute atomic E-state index is 13.7. The number of carboxylic acid groups (broad SMARTS) is 1. The zero-order chi connectivity index (χ0) is 34.4. The summed E-state index contributed by atoms with van der Waals surface area (Å²) >= 11 is 0. The molecule has 0 radical (unpaired) electrons. The number of pyridine rings is 1. The van der Waals surface area contributed by atoms with Crippen molar-refractivity contribution in [2.75, 3.05) is 39.0 Å². The number of carbonyl (C=O) groups is 1. The fraction of sp³-hybridized carbons (Fsp3) is 0.500. The zero-order valence-electron chi connectivity index (χ0n) is 26.9. The predicted molar refractivity (Wildman–Crippen MR) is 173 cm³/mol. The molecule has 3 aromatic rings. The number of piperidine rings is 2. The molecule has 0 spiro atoms. The van der Waals surface area contributed by atoms with Crippen LogP contribution in [0.4, 0.5) is 13.2 Å². The highest BCUT2D eigenvalue weighted by molar-refractivity contribution is 7.91. The third-order valence-electron chi connectivity index (χ3n) is 8.77. The summed E-state index contributed by atoms with van der Waals surface area (Å²) in [5.41, 5.74) is -0.446. The van der Waals surface area contributed by atoms with Crippen LogP contribution in [0.3, 0.4) is 0 Å². The molecule has 2 aliphatic heterocycles. The Kier molecular flexibility index (Phi) is 11.9. The first-order valence-corrected chi connectivity index (χ1v) is 17.5. The molecular formula is C34H41F3N4O5S. The lowest BCUT2D eigenvalue weighted by Crippen LogP contribution is -2.46. The number of alkyl halides is 3. The lowest BCUT2D eigenvalue weighted by atomic mass is 9.94.